The lowest BCUT2D eigenvalue weighted by atomic mass is 10.1. The first-order valence-corrected chi connectivity index (χ1v) is 2.64. The van der Waals surface area contributed by atoms with E-state index in [9.17, 15) is 0 Å². The van der Waals surface area contributed by atoms with Gasteiger partial charge in [0.05, 0.1) is 6.17 Å². The van der Waals surface area contributed by atoms with Crippen LogP contribution in [0.4, 0.5) is 0 Å². The zero-order valence-electron chi connectivity index (χ0n) is 5.42. The van der Waals surface area contributed by atoms with E-state index in [0.717, 1.165) is 6.42 Å². The van der Waals surface area contributed by atoms with Crippen LogP contribution in [0.2, 0.25) is 0 Å². The fourth-order valence-electron chi connectivity index (χ4n) is 0.544. The molecule has 0 aromatic heterocycles. The molecule has 0 aromatic rings. The molecular formula is C5H15ClN2. The molecule has 3 heteroatoms. The van der Waals surface area contributed by atoms with Gasteiger partial charge in [-0.2, -0.15) is 0 Å². The summed E-state index contributed by atoms with van der Waals surface area (Å²) in [7, 11) is 0. The Hall–Kier alpha value is 0.210. The molecule has 0 atom stereocenters. The second-order valence-corrected chi connectivity index (χ2v) is 2.29. The van der Waals surface area contributed by atoms with E-state index in [1.807, 2.05) is 0 Å². The van der Waals surface area contributed by atoms with Crippen LogP contribution in [0.1, 0.15) is 20.3 Å². The maximum Gasteiger partial charge on any atom is 0.0523 e. The maximum atomic E-state index is 5.27. The Morgan fingerprint density at radius 1 is 1.25 bits per heavy atom. The minimum Gasteiger partial charge on any atom is -0.316 e. The van der Waals surface area contributed by atoms with Crippen molar-refractivity contribution >= 4 is 12.4 Å². The van der Waals surface area contributed by atoms with E-state index in [4.69, 9.17) is 11.5 Å². The van der Waals surface area contributed by atoms with Gasteiger partial charge in [0.2, 0.25) is 0 Å². The van der Waals surface area contributed by atoms with E-state index in [1.54, 1.807) is 0 Å². The Morgan fingerprint density at radius 3 is 1.62 bits per heavy atom. The number of hydrogen-bond donors (Lipinski definition) is 2. The summed E-state index contributed by atoms with van der Waals surface area (Å²) in [4.78, 5) is 0. The molecule has 0 unspecified atom stereocenters. The van der Waals surface area contributed by atoms with Crippen LogP contribution >= 0.6 is 12.4 Å². The molecule has 0 rings (SSSR count). The van der Waals surface area contributed by atoms with Crippen molar-refractivity contribution in [2.24, 2.45) is 17.4 Å². The molecular weight excluding hydrogens is 124 g/mol. The number of rotatable bonds is 2. The predicted octanol–water partition coefficient (Wildman–Crippen LogP) is 0.698. The molecule has 0 radical (unpaired) electrons. The van der Waals surface area contributed by atoms with Crippen LogP contribution in [0, 0.1) is 5.92 Å². The third-order valence-corrected chi connectivity index (χ3v) is 0.744. The molecule has 2 nitrogen and oxygen atoms in total. The summed E-state index contributed by atoms with van der Waals surface area (Å²) < 4.78 is 0. The first-order valence-electron chi connectivity index (χ1n) is 2.64. The molecule has 8 heavy (non-hydrogen) atoms. The summed E-state index contributed by atoms with van der Waals surface area (Å²) in [5.41, 5.74) is 10.5. The van der Waals surface area contributed by atoms with E-state index in [0.29, 0.717) is 5.92 Å². The topological polar surface area (TPSA) is 52.0 Å². The molecule has 0 saturated heterocycles. The van der Waals surface area contributed by atoms with E-state index in [-0.39, 0.29) is 18.6 Å². The van der Waals surface area contributed by atoms with Crippen LogP contribution < -0.4 is 11.5 Å². The van der Waals surface area contributed by atoms with E-state index < -0.39 is 0 Å². The summed E-state index contributed by atoms with van der Waals surface area (Å²) in [5.74, 6) is 0.625. The number of hydrogen-bond acceptors (Lipinski definition) is 2. The Morgan fingerprint density at radius 2 is 1.62 bits per heavy atom. The summed E-state index contributed by atoms with van der Waals surface area (Å²) in [6.07, 6.45) is 0.792. The normalized spacial score (nSPS) is 9.75. The highest BCUT2D eigenvalue weighted by atomic mass is 35.5. The molecule has 0 fully saturated rings. The fourth-order valence-corrected chi connectivity index (χ4v) is 0.544. The average Bonchev–Trinajstić information content (AvgIpc) is 1.27. The molecule has 0 aliphatic heterocycles. The summed E-state index contributed by atoms with van der Waals surface area (Å²) in [6.45, 7) is 4.21. The van der Waals surface area contributed by atoms with Gasteiger partial charge in [0.25, 0.3) is 0 Å². The third-order valence-electron chi connectivity index (χ3n) is 0.744. The first kappa shape index (κ1) is 11.1. The van der Waals surface area contributed by atoms with Gasteiger partial charge in [-0.05, 0) is 12.3 Å². The highest BCUT2D eigenvalue weighted by Gasteiger charge is 1.96. The Bertz CT molecular complexity index is 39.7. The van der Waals surface area contributed by atoms with Crippen molar-refractivity contribution in [3.05, 3.63) is 0 Å². The van der Waals surface area contributed by atoms with Gasteiger partial charge in [0.15, 0.2) is 0 Å². The van der Waals surface area contributed by atoms with Crippen molar-refractivity contribution in [1.82, 2.24) is 0 Å². The lowest BCUT2D eigenvalue weighted by Gasteiger charge is -2.05. The second-order valence-electron chi connectivity index (χ2n) is 2.29. The second kappa shape index (κ2) is 5.35. The van der Waals surface area contributed by atoms with Crippen molar-refractivity contribution in [1.29, 1.82) is 0 Å². The number of halogens is 1. The van der Waals surface area contributed by atoms with E-state index in [2.05, 4.69) is 13.8 Å². The molecule has 0 bridgehead atoms. The van der Waals surface area contributed by atoms with Crippen LogP contribution in [0.3, 0.4) is 0 Å². The number of nitrogens with two attached hydrogens (primary N) is 2. The zero-order valence-corrected chi connectivity index (χ0v) is 6.24. The molecule has 0 spiro atoms. The van der Waals surface area contributed by atoms with E-state index in [1.165, 1.54) is 0 Å². The molecule has 52 valence electrons. The highest BCUT2D eigenvalue weighted by Crippen LogP contribution is 1.97. The van der Waals surface area contributed by atoms with Crippen LogP contribution in [0.5, 0.6) is 0 Å². The lowest BCUT2D eigenvalue weighted by Crippen LogP contribution is -2.31. The quantitative estimate of drug-likeness (QED) is 0.552. The van der Waals surface area contributed by atoms with Crippen molar-refractivity contribution < 1.29 is 0 Å². The first-order chi connectivity index (χ1) is 3.13. The summed E-state index contributed by atoms with van der Waals surface area (Å²) >= 11 is 0. The minimum absolute atomic E-state index is 0. The zero-order chi connectivity index (χ0) is 5.86. The van der Waals surface area contributed by atoms with Gasteiger partial charge in [-0.15, -0.1) is 12.4 Å². The third kappa shape index (κ3) is 9.51. The monoisotopic (exact) mass is 138 g/mol. The van der Waals surface area contributed by atoms with Gasteiger partial charge >= 0.3 is 0 Å². The van der Waals surface area contributed by atoms with Crippen molar-refractivity contribution in [3.63, 3.8) is 0 Å². The van der Waals surface area contributed by atoms with Gasteiger partial charge in [-0.1, -0.05) is 13.8 Å². The summed E-state index contributed by atoms with van der Waals surface area (Å²) in [6, 6.07) is 0. The molecule has 0 saturated carbocycles. The van der Waals surface area contributed by atoms with E-state index >= 15 is 0 Å². The fraction of sp³-hybridized carbons (Fsp3) is 1.00. The van der Waals surface area contributed by atoms with Crippen LogP contribution in [0.25, 0.3) is 0 Å². The Balaban J connectivity index is 0. The van der Waals surface area contributed by atoms with Crippen molar-refractivity contribution in [3.8, 4) is 0 Å². The van der Waals surface area contributed by atoms with Gasteiger partial charge in [-0.25, -0.2) is 0 Å². The maximum absolute atomic E-state index is 5.27. The van der Waals surface area contributed by atoms with Gasteiger partial charge in [0.1, 0.15) is 0 Å². The highest BCUT2D eigenvalue weighted by molar-refractivity contribution is 5.85. The van der Waals surface area contributed by atoms with Gasteiger partial charge < -0.3 is 11.5 Å². The largest absolute Gasteiger partial charge is 0.316 e. The van der Waals surface area contributed by atoms with Gasteiger partial charge in [-0.3, -0.25) is 0 Å². The smallest absolute Gasteiger partial charge is 0.0523 e. The minimum atomic E-state index is -0.125. The standard InChI is InChI=1S/C5H14N2.ClH/c1-4(2)3-5(6)7;/h4-5H,3,6-7H2,1-2H3;1H. The summed E-state index contributed by atoms with van der Waals surface area (Å²) in [5, 5.41) is 0. The Kier molecular flexibility index (Phi) is 7.40. The van der Waals surface area contributed by atoms with Crippen molar-refractivity contribution in [2.45, 2.75) is 26.4 Å². The molecule has 0 amide bonds. The van der Waals surface area contributed by atoms with Crippen molar-refractivity contribution in [2.75, 3.05) is 0 Å². The average molecular weight is 139 g/mol. The van der Waals surface area contributed by atoms with Crippen LogP contribution in [-0.4, -0.2) is 6.17 Å². The Labute approximate surface area is 57.0 Å². The molecule has 0 aliphatic rings. The van der Waals surface area contributed by atoms with Crippen LogP contribution in [-0.2, 0) is 0 Å². The predicted molar refractivity (Wildman–Crippen MR) is 38.9 cm³/mol. The molecule has 0 aliphatic carbocycles. The van der Waals surface area contributed by atoms with Crippen LogP contribution in [0.15, 0.2) is 0 Å². The van der Waals surface area contributed by atoms with Gasteiger partial charge in [0, 0.05) is 0 Å². The SMILES string of the molecule is CC(C)CC(N)N.Cl. The molecule has 0 aromatic carbocycles. The molecule has 4 N–H and O–H groups in total. The lowest BCUT2D eigenvalue weighted by molar-refractivity contribution is 0.506. The molecule has 0 heterocycles.